The minimum atomic E-state index is -3.26. The van der Waals surface area contributed by atoms with E-state index in [-0.39, 0.29) is 4.90 Å². The van der Waals surface area contributed by atoms with Crippen molar-refractivity contribution in [3.05, 3.63) is 67.0 Å². The van der Waals surface area contributed by atoms with E-state index in [9.17, 15) is 8.42 Å². The second-order valence-electron chi connectivity index (χ2n) is 5.07. The second kappa shape index (κ2) is 6.67. The van der Waals surface area contributed by atoms with Crippen molar-refractivity contribution in [3.63, 3.8) is 0 Å². The summed E-state index contributed by atoms with van der Waals surface area (Å²) in [5, 5.41) is 3.07. The molecule has 1 heterocycles. The average molecular weight is 341 g/mol. The van der Waals surface area contributed by atoms with Crippen LogP contribution in [-0.2, 0) is 9.84 Å². The molecule has 3 aromatic rings. The number of rotatable bonds is 5. The van der Waals surface area contributed by atoms with E-state index in [0.717, 1.165) is 11.9 Å². The van der Waals surface area contributed by atoms with E-state index in [4.69, 9.17) is 4.74 Å². The first-order chi connectivity index (χ1) is 11.5. The van der Waals surface area contributed by atoms with Crippen molar-refractivity contribution in [2.75, 3.05) is 11.6 Å². The summed E-state index contributed by atoms with van der Waals surface area (Å²) in [5.74, 6) is 1.57. The summed E-state index contributed by atoms with van der Waals surface area (Å²) in [6.45, 7) is 0. The molecule has 0 amide bonds. The highest BCUT2D eigenvalue weighted by Crippen LogP contribution is 2.25. The van der Waals surface area contributed by atoms with Crippen LogP contribution in [-0.4, -0.2) is 24.6 Å². The van der Waals surface area contributed by atoms with Gasteiger partial charge in [0.15, 0.2) is 9.84 Å². The summed E-state index contributed by atoms with van der Waals surface area (Å²) < 4.78 is 28.9. The van der Waals surface area contributed by atoms with Crippen LogP contribution < -0.4 is 10.1 Å². The molecule has 2 aromatic carbocycles. The van der Waals surface area contributed by atoms with Crippen molar-refractivity contribution in [1.29, 1.82) is 0 Å². The predicted molar refractivity (Wildman–Crippen MR) is 91.4 cm³/mol. The summed E-state index contributed by atoms with van der Waals surface area (Å²) in [7, 11) is -3.26. The Hall–Kier alpha value is -2.93. The van der Waals surface area contributed by atoms with E-state index in [2.05, 4.69) is 15.3 Å². The first-order valence-electron chi connectivity index (χ1n) is 7.13. The van der Waals surface area contributed by atoms with Gasteiger partial charge in [-0.2, -0.15) is 0 Å². The maximum atomic E-state index is 11.6. The molecular formula is C17H15N3O3S. The summed E-state index contributed by atoms with van der Waals surface area (Å²) in [5.41, 5.74) is 0.818. The Kier molecular flexibility index (Phi) is 4.43. The van der Waals surface area contributed by atoms with Crippen LogP contribution in [0.3, 0.4) is 0 Å². The van der Waals surface area contributed by atoms with Crippen molar-refractivity contribution in [1.82, 2.24) is 9.97 Å². The van der Waals surface area contributed by atoms with Gasteiger partial charge in [-0.05, 0) is 48.5 Å². The fourth-order valence-corrected chi connectivity index (χ4v) is 2.66. The lowest BCUT2D eigenvalue weighted by atomic mass is 10.3. The van der Waals surface area contributed by atoms with E-state index >= 15 is 0 Å². The van der Waals surface area contributed by atoms with Gasteiger partial charge in [0.25, 0.3) is 0 Å². The average Bonchev–Trinajstić information content (AvgIpc) is 2.57. The first kappa shape index (κ1) is 15.9. The molecular weight excluding hydrogens is 326 g/mol. The molecule has 1 N–H and O–H groups in total. The molecule has 0 atom stereocenters. The third kappa shape index (κ3) is 4.08. The molecule has 0 aliphatic heterocycles. The Morgan fingerprint density at radius 1 is 0.917 bits per heavy atom. The monoisotopic (exact) mass is 341 g/mol. The summed E-state index contributed by atoms with van der Waals surface area (Å²) in [6, 6.07) is 15.3. The predicted octanol–water partition coefficient (Wildman–Crippen LogP) is 3.42. The molecule has 0 bridgehead atoms. The second-order valence-corrected chi connectivity index (χ2v) is 7.09. The van der Waals surface area contributed by atoms with E-state index in [0.29, 0.717) is 17.4 Å². The highest BCUT2D eigenvalue weighted by molar-refractivity contribution is 7.90. The standard InChI is InChI=1S/C17H15N3O3S/c1-24(21,22)16-5-2-4-15(12-16)23-14-8-6-13(7-9-14)20-17-18-10-3-11-19-17/h2-12H,1H3,(H,18,19,20). The molecule has 0 saturated carbocycles. The Morgan fingerprint density at radius 3 is 2.29 bits per heavy atom. The van der Waals surface area contributed by atoms with Crippen molar-refractivity contribution >= 4 is 21.5 Å². The molecule has 122 valence electrons. The number of aromatic nitrogens is 2. The van der Waals surface area contributed by atoms with Crippen LogP contribution in [0.5, 0.6) is 11.5 Å². The maximum absolute atomic E-state index is 11.6. The van der Waals surface area contributed by atoms with Gasteiger partial charge in [0.2, 0.25) is 5.95 Å². The number of anilines is 2. The summed E-state index contributed by atoms with van der Waals surface area (Å²) in [6.07, 6.45) is 4.47. The van der Waals surface area contributed by atoms with Crippen LogP contribution in [0.1, 0.15) is 0 Å². The molecule has 0 spiro atoms. The van der Waals surface area contributed by atoms with Crippen molar-refractivity contribution in [3.8, 4) is 11.5 Å². The molecule has 0 fully saturated rings. The molecule has 0 radical (unpaired) electrons. The van der Waals surface area contributed by atoms with E-state index in [1.54, 1.807) is 42.7 Å². The molecule has 0 saturated heterocycles. The largest absolute Gasteiger partial charge is 0.457 e. The van der Waals surface area contributed by atoms with E-state index in [1.165, 1.54) is 12.1 Å². The summed E-state index contributed by atoms with van der Waals surface area (Å²) in [4.78, 5) is 8.39. The first-order valence-corrected chi connectivity index (χ1v) is 9.02. The molecule has 24 heavy (non-hydrogen) atoms. The van der Waals surface area contributed by atoms with Crippen LogP contribution in [0.4, 0.5) is 11.6 Å². The van der Waals surface area contributed by atoms with Gasteiger partial charge in [-0.3, -0.25) is 0 Å². The fraction of sp³-hybridized carbons (Fsp3) is 0.0588. The third-order valence-electron chi connectivity index (χ3n) is 3.15. The van der Waals surface area contributed by atoms with Gasteiger partial charge >= 0.3 is 0 Å². The highest BCUT2D eigenvalue weighted by Gasteiger charge is 2.08. The lowest BCUT2D eigenvalue weighted by Gasteiger charge is -2.08. The van der Waals surface area contributed by atoms with Crippen molar-refractivity contribution in [2.45, 2.75) is 4.90 Å². The number of hydrogen-bond donors (Lipinski definition) is 1. The van der Waals surface area contributed by atoms with Gasteiger partial charge in [-0.15, -0.1) is 0 Å². The van der Waals surface area contributed by atoms with Gasteiger partial charge in [0, 0.05) is 24.3 Å². The van der Waals surface area contributed by atoms with E-state index < -0.39 is 9.84 Å². The van der Waals surface area contributed by atoms with Crippen LogP contribution in [0.15, 0.2) is 71.9 Å². The molecule has 1 aromatic heterocycles. The lowest BCUT2D eigenvalue weighted by molar-refractivity contribution is 0.481. The topological polar surface area (TPSA) is 81.2 Å². The van der Waals surface area contributed by atoms with Crippen molar-refractivity contribution < 1.29 is 13.2 Å². The SMILES string of the molecule is CS(=O)(=O)c1cccc(Oc2ccc(Nc3ncccn3)cc2)c1. The Balaban J connectivity index is 1.73. The molecule has 6 nitrogen and oxygen atoms in total. The quantitative estimate of drug-likeness (QED) is 0.766. The number of benzene rings is 2. The zero-order valence-electron chi connectivity index (χ0n) is 12.9. The van der Waals surface area contributed by atoms with Gasteiger partial charge in [-0.25, -0.2) is 18.4 Å². The van der Waals surface area contributed by atoms with Crippen LogP contribution >= 0.6 is 0 Å². The summed E-state index contributed by atoms with van der Waals surface area (Å²) >= 11 is 0. The smallest absolute Gasteiger partial charge is 0.227 e. The third-order valence-corrected chi connectivity index (χ3v) is 4.26. The number of nitrogens with zero attached hydrogens (tertiary/aromatic N) is 2. The normalized spacial score (nSPS) is 11.0. The number of hydrogen-bond acceptors (Lipinski definition) is 6. The Morgan fingerprint density at radius 2 is 1.62 bits per heavy atom. The minimum Gasteiger partial charge on any atom is -0.457 e. The Bertz CT molecular complexity index is 927. The number of sulfone groups is 1. The van der Waals surface area contributed by atoms with Crippen LogP contribution in [0.25, 0.3) is 0 Å². The van der Waals surface area contributed by atoms with Crippen molar-refractivity contribution in [2.24, 2.45) is 0 Å². The van der Waals surface area contributed by atoms with Gasteiger partial charge in [-0.1, -0.05) is 6.07 Å². The minimum absolute atomic E-state index is 0.222. The zero-order valence-corrected chi connectivity index (χ0v) is 13.7. The van der Waals surface area contributed by atoms with Gasteiger partial charge in [0.05, 0.1) is 4.90 Å². The molecule has 0 aliphatic rings. The van der Waals surface area contributed by atoms with Gasteiger partial charge in [0.1, 0.15) is 11.5 Å². The zero-order chi connectivity index (χ0) is 17.0. The number of ether oxygens (including phenoxy) is 1. The molecule has 0 unspecified atom stereocenters. The lowest BCUT2D eigenvalue weighted by Crippen LogP contribution is -1.97. The molecule has 0 aliphatic carbocycles. The van der Waals surface area contributed by atoms with E-state index in [1.807, 2.05) is 12.1 Å². The highest BCUT2D eigenvalue weighted by atomic mass is 32.2. The van der Waals surface area contributed by atoms with Crippen LogP contribution in [0.2, 0.25) is 0 Å². The number of nitrogens with one attached hydrogen (secondary N) is 1. The van der Waals surface area contributed by atoms with Gasteiger partial charge < -0.3 is 10.1 Å². The molecule has 3 rings (SSSR count). The van der Waals surface area contributed by atoms with Crippen LogP contribution in [0, 0.1) is 0 Å². The molecule has 7 heteroatoms. The Labute approximate surface area is 140 Å². The fourth-order valence-electron chi connectivity index (χ4n) is 2.00. The maximum Gasteiger partial charge on any atom is 0.227 e.